The molecular formula is C13H24N4. The Hall–Kier alpha value is -1.03. The lowest BCUT2D eigenvalue weighted by atomic mass is 9.80. The van der Waals surface area contributed by atoms with Crippen molar-refractivity contribution in [1.82, 2.24) is 9.78 Å². The molecule has 17 heavy (non-hydrogen) atoms. The van der Waals surface area contributed by atoms with Gasteiger partial charge in [0, 0.05) is 25.2 Å². The van der Waals surface area contributed by atoms with Gasteiger partial charge in [0.05, 0.1) is 5.69 Å². The van der Waals surface area contributed by atoms with E-state index in [1.165, 1.54) is 32.1 Å². The van der Waals surface area contributed by atoms with Crippen molar-refractivity contribution >= 4 is 5.82 Å². The van der Waals surface area contributed by atoms with E-state index in [0.29, 0.717) is 0 Å². The Kier molecular flexibility index (Phi) is 3.72. The van der Waals surface area contributed by atoms with Gasteiger partial charge in [-0.2, -0.15) is 5.10 Å². The zero-order chi connectivity index (χ0) is 12.3. The summed E-state index contributed by atoms with van der Waals surface area (Å²) in [5.74, 6) is 1.09. The fourth-order valence-electron chi connectivity index (χ4n) is 2.72. The van der Waals surface area contributed by atoms with Crippen molar-refractivity contribution in [3.8, 4) is 0 Å². The molecule has 4 heteroatoms. The molecule has 96 valence electrons. The van der Waals surface area contributed by atoms with Gasteiger partial charge < -0.3 is 11.1 Å². The van der Waals surface area contributed by atoms with E-state index in [9.17, 15) is 0 Å². The number of nitrogens with one attached hydrogen (secondary N) is 1. The van der Waals surface area contributed by atoms with Crippen LogP contribution in [0.2, 0.25) is 0 Å². The number of hydrogen-bond acceptors (Lipinski definition) is 3. The third kappa shape index (κ3) is 3.22. The molecule has 1 aromatic rings. The third-order valence-electron chi connectivity index (χ3n) is 3.78. The summed E-state index contributed by atoms with van der Waals surface area (Å²) in [5, 5.41) is 7.74. The normalized spacial score (nSPS) is 19.2. The van der Waals surface area contributed by atoms with E-state index in [2.05, 4.69) is 16.5 Å². The largest absolute Gasteiger partial charge is 0.370 e. The molecule has 1 aliphatic rings. The van der Waals surface area contributed by atoms with Crippen LogP contribution in [0.15, 0.2) is 6.07 Å². The zero-order valence-corrected chi connectivity index (χ0v) is 11.0. The second-order valence-electron chi connectivity index (χ2n) is 5.39. The highest BCUT2D eigenvalue weighted by Gasteiger charge is 2.26. The molecule has 3 N–H and O–H groups in total. The molecule has 0 bridgehead atoms. The van der Waals surface area contributed by atoms with E-state index < -0.39 is 0 Å². The van der Waals surface area contributed by atoms with Crippen molar-refractivity contribution in [1.29, 1.82) is 0 Å². The van der Waals surface area contributed by atoms with Crippen LogP contribution >= 0.6 is 0 Å². The average Bonchev–Trinajstić information content (AvgIpc) is 2.58. The summed E-state index contributed by atoms with van der Waals surface area (Å²) in [6, 6.07) is 2.07. The van der Waals surface area contributed by atoms with Gasteiger partial charge in [0.25, 0.3) is 0 Å². The Morgan fingerprint density at radius 3 is 2.71 bits per heavy atom. The van der Waals surface area contributed by atoms with Crippen molar-refractivity contribution in [3.63, 3.8) is 0 Å². The predicted octanol–water partition coefficient (Wildman–Crippen LogP) is 2.19. The van der Waals surface area contributed by atoms with Crippen molar-refractivity contribution < 1.29 is 0 Å². The quantitative estimate of drug-likeness (QED) is 0.842. The van der Waals surface area contributed by atoms with Gasteiger partial charge in [-0.15, -0.1) is 0 Å². The highest BCUT2D eigenvalue weighted by atomic mass is 15.3. The van der Waals surface area contributed by atoms with Crippen LogP contribution in [0.3, 0.4) is 0 Å². The van der Waals surface area contributed by atoms with Gasteiger partial charge in [-0.1, -0.05) is 19.3 Å². The molecular weight excluding hydrogens is 212 g/mol. The number of rotatable bonds is 4. The van der Waals surface area contributed by atoms with Crippen molar-refractivity contribution in [2.75, 3.05) is 11.9 Å². The molecule has 0 aromatic carbocycles. The standard InChI is InChI=1S/C13H24N4/c1-11-10-12(17(2)16-11)15-9-8-13(14)6-4-3-5-7-13/h10,15H,3-9,14H2,1-2H3. The Morgan fingerprint density at radius 1 is 1.41 bits per heavy atom. The lowest BCUT2D eigenvalue weighted by Crippen LogP contribution is -2.43. The summed E-state index contributed by atoms with van der Waals surface area (Å²) in [5.41, 5.74) is 7.52. The first-order chi connectivity index (χ1) is 8.09. The minimum Gasteiger partial charge on any atom is -0.370 e. The minimum absolute atomic E-state index is 0.0683. The molecule has 0 amide bonds. The number of nitrogens with zero attached hydrogens (tertiary/aromatic N) is 2. The van der Waals surface area contributed by atoms with E-state index in [4.69, 9.17) is 5.73 Å². The topological polar surface area (TPSA) is 55.9 Å². The maximum absolute atomic E-state index is 6.40. The Bertz CT molecular complexity index is 363. The molecule has 0 unspecified atom stereocenters. The maximum atomic E-state index is 6.40. The van der Waals surface area contributed by atoms with E-state index in [0.717, 1.165) is 24.5 Å². The number of aromatic nitrogens is 2. The van der Waals surface area contributed by atoms with Crippen LogP contribution < -0.4 is 11.1 Å². The van der Waals surface area contributed by atoms with Gasteiger partial charge in [-0.3, -0.25) is 4.68 Å². The Balaban J connectivity index is 1.81. The van der Waals surface area contributed by atoms with E-state index in [1.54, 1.807) is 0 Å². The van der Waals surface area contributed by atoms with Crippen LogP contribution in [0.4, 0.5) is 5.82 Å². The van der Waals surface area contributed by atoms with Gasteiger partial charge in [-0.25, -0.2) is 0 Å². The fraction of sp³-hybridized carbons (Fsp3) is 0.769. The molecule has 1 saturated carbocycles. The first-order valence-electron chi connectivity index (χ1n) is 6.62. The van der Waals surface area contributed by atoms with Gasteiger partial charge >= 0.3 is 0 Å². The molecule has 1 aromatic heterocycles. The lowest BCUT2D eigenvalue weighted by molar-refractivity contribution is 0.284. The molecule has 4 nitrogen and oxygen atoms in total. The monoisotopic (exact) mass is 236 g/mol. The maximum Gasteiger partial charge on any atom is 0.124 e. The van der Waals surface area contributed by atoms with Crippen LogP contribution in [-0.4, -0.2) is 21.9 Å². The van der Waals surface area contributed by atoms with Gasteiger partial charge in [0.15, 0.2) is 0 Å². The van der Waals surface area contributed by atoms with Gasteiger partial charge in [-0.05, 0) is 26.2 Å². The second kappa shape index (κ2) is 5.08. The summed E-state index contributed by atoms with van der Waals surface area (Å²) in [6.07, 6.45) is 7.35. The van der Waals surface area contributed by atoms with E-state index in [1.807, 2.05) is 18.7 Å². The van der Waals surface area contributed by atoms with Gasteiger partial charge in [0.1, 0.15) is 5.82 Å². The molecule has 1 aliphatic carbocycles. The van der Waals surface area contributed by atoms with Gasteiger partial charge in [0.2, 0.25) is 0 Å². The lowest BCUT2D eigenvalue weighted by Gasteiger charge is -2.33. The Morgan fingerprint density at radius 2 is 2.12 bits per heavy atom. The molecule has 0 atom stereocenters. The smallest absolute Gasteiger partial charge is 0.124 e. The predicted molar refractivity (Wildman–Crippen MR) is 71.1 cm³/mol. The number of hydrogen-bond donors (Lipinski definition) is 2. The first kappa shape index (κ1) is 12.4. The molecule has 0 saturated heterocycles. The van der Waals surface area contributed by atoms with Crippen LogP contribution in [0.25, 0.3) is 0 Å². The highest BCUT2D eigenvalue weighted by Crippen LogP contribution is 2.28. The van der Waals surface area contributed by atoms with Crippen molar-refractivity contribution in [3.05, 3.63) is 11.8 Å². The zero-order valence-electron chi connectivity index (χ0n) is 11.0. The minimum atomic E-state index is 0.0683. The molecule has 1 fully saturated rings. The average molecular weight is 236 g/mol. The molecule has 0 radical (unpaired) electrons. The summed E-state index contributed by atoms with van der Waals surface area (Å²) in [7, 11) is 1.97. The molecule has 1 heterocycles. The summed E-state index contributed by atoms with van der Waals surface area (Å²) in [4.78, 5) is 0. The molecule has 0 spiro atoms. The van der Waals surface area contributed by atoms with Crippen molar-refractivity contribution in [2.45, 2.75) is 51.0 Å². The second-order valence-corrected chi connectivity index (χ2v) is 5.39. The first-order valence-corrected chi connectivity index (χ1v) is 6.62. The number of aryl methyl sites for hydroxylation is 2. The summed E-state index contributed by atoms with van der Waals surface area (Å²) < 4.78 is 1.89. The number of nitrogens with two attached hydrogens (primary N) is 1. The van der Waals surface area contributed by atoms with Crippen LogP contribution in [0.1, 0.15) is 44.2 Å². The van der Waals surface area contributed by atoms with Crippen LogP contribution in [-0.2, 0) is 7.05 Å². The number of anilines is 1. The highest BCUT2D eigenvalue weighted by molar-refractivity contribution is 5.36. The molecule has 2 rings (SSSR count). The van der Waals surface area contributed by atoms with Crippen molar-refractivity contribution in [2.24, 2.45) is 12.8 Å². The van der Waals surface area contributed by atoms with E-state index >= 15 is 0 Å². The fourth-order valence-corrected chi connectivity index (χ4v) is 2.72. The summed E-state index contributed by atoms with van der Waals surface area (Å²) in [6.45, 7) is 2.95. The van der Waals surface area contributed by atoms with Crippen LogP contribution in [0.5, 0.6) is 0 Å². The SMILES string of the molecule is Cc1cc(NCCC2(N)CCCCC2)n(C)n1. The van der Waals surface area contributed by atoms with E-state index in [-0.39, 0.29) is 5.54 Å². The van der Waals surface area contributed by atoms with Crippen LogP contribution in [0, 0.1) is 6.92 Å². The summed E-state index contributed by atoms with van der Waals surface area (Å²) >= 11 is 0. The molecule has 0 aliphatic heterocycles. The Labute approximate surface area is 104 Å². The third-order valence-corrected chi connectivity index (χ3v) is 3.78.